The number of hydrogen-bond acceptors (Lipinski definition) is 5. The van der Waals surface area contributed by atoms with E-state index in [2.05, 4.69) is 32.3 Å². The molecule has 9 heteroatoms. The summed E-state index contributed by atoms with van der Waals surface area (Å²) in [7, 11) is -1.51. The highest BCUT2D eigenvalue weighted by atomic mass is 32.2. The third kappa shape index (κ3) is 8.97. The summed E-state index contributed by atoms with van der Waals surface area (Å²) in [6.07, 6.45) is 3.34. The molecule has 2 N–H and O–H groups in total. The summed E-state index contributed by atoms with van der Waals surface area (Å²) in [4.78, 5) is 9.20. The minimum Gasteiger partial charge on any atom is -0.356 e. The van der Waals surface area contributed by atoms with Gasteiger partial charge in [0, 0.05) is 52.6 Å². The fourth-order valence-corrected chi connectivity index (χ4v) is 4.42. The van der Waals surface area contributed by atoms with Crippen LogP contribution < -0.4 is 10.6 Å². The van der Waals surface area contributed by atoms with Crippen LogP contribution in [-0.2, 0) is 22.1 Å². The Balaban J connectivity index is 1.72. The Morgan fingerprint density at radius 3 is 2.43 bits per heavy atom. The quantitative estimate of drug-likeness (QED) is 0.325. The number of piperazine rings is 1. The third-order valence-corrected chi connectivity index (χ3v) is 6.20. The van der Waals surface area contributed by atoms with Crippen LogP contribution in [0.5, 0.6) is 0 Å². The van der Waals surface area contributed by atoms with E-state index in [1.165, 1.54) is 24.5 Å². The molecule has 1 saturated heterocycles. The number of hydrogen-bond donors (Lipinski definition) is 2. The van der Waals surface area contributed by atoms with Crippen LogP contribution in [0.3, 0.4) is 0 Å². The van der Waals surface area contributed by atoms with Crippen molar-refractivity contribution in [1.29, 1.82) is 0 Å². The van der Waals surface area contributed by atoms with Gasteiger partial charge in [0.25, 0.3) is 0 Å². The van der Waals surface area contributed by atoms with Crippen LogP contribution in [-0.4, -0.2) is 83.3 Å². The molecule has 1 aliphatic heterocycles. The van der Waals surface area contributed by atoms with Gasteiger partial charge in [-0.15, -0.1) is 0 Å². The Kier molecular flexibility index (Phi) is 10.0. The van der Waals surface area contributed by atoms with Gasteiger partial charge in [-0.2, -0.15) is 0 Å². The van der Waals surface area contributed by atoms with Crippen molar-refractivity contribution in [3.05, 3.63) is 35.1 Å². The second kappa shape index (κ2) is 12.2. The number of guanidine groups is 1. The van der Waals surface area contributed by atoms with Crippen LogP contribution in [0, 0.1) is 5.82 Å². The van der Waals surface area contributed by atoms with Gasteiger partial charge >= 0.3 is 0 Å². The number of sulfone groups is 1. The first-order valence-electron chi connectivity index (χ1n) is 10.6. The van der Waals surface area contributed by atoms with Crippen molar-refractivity contribution in [2.24, 2.45) is 4.99 Å². The summed E-state index contributed by atoms with van der Waals surface area (Å²) < 4.78 is 36.9. The number of likely N-dealkylation sites (N-methyl/N-ethyl adjacent to an activating group) is 1. The number of benzene rings is 1. The van der Waals surface area contributed by atoms with Gasteiger partial charge in [0.1, 0.15) is 5.82 Å². The van der Waals surface area contributed by atoms with E-state index in [0.29, 0.717) is 23.6 Å². The average Bonchev–Trinajstić information content (AvgIpc) is 2.71. The van der Waals surface area contributed by atoms with Crippen molar-refractivity contribution in [1.82, 2.24) is 20.4 Å². The van der Waals surface area contributed by atoms with E-state index in [4.69, 9.17) is 0 Å². The van der Waals surface area contributed by atoms with E-state index in [1.54, 1.807) is 7.05 Å². The molecule has 30 heavy (non-hydrogen) atoms. The van der Waals surface area contributed by atoms with Crippen LogP contribution in [0.2, 0.25) is 0 Å². The lowest BCUT2D eigenvalue weighted by Crippen LogP contribution is -2.46. The zero-order valence-electron chi connectivity index (χ0n) is 18.5. The van der Waals surface area contributed by atoms with Crippen molar-refractivity contribution in [2.45, 2.75) is 32.1 Å². The highest BCUT2D eigenvalue weighted by molar-refractivity contribution is 7.89. The summed E-state index contributed by atoms with van der Waals surface area (Å²) in [5, 5.41) is 6.43. The molecular weight excluding hydrogens is 405 g/mol. The van der Waals surface area contributed by atoms with E-state index in [0.717, 1.165) is 58.7 Å². The maximum Gasteiger partial charge on any atom is 0.191 e. The zero-order valence-corrected chi connectivity index (χ0v) is 19.3. The van der Waals surface area contributed by atoms with E-state index in [1.807, 2.05) is 0 Å². The molecule has 0 saturated carbocycles. The molecule has 0 bridgehead atoms. The monoisotopic (exact) mass is 441 g/mol. The zero-order chi connectivity index (χ0) is 22.0. The van der Waals surface area contributed by atoms with Crippen molar-refractivity contribution in [3.8, 4) is 0 Å². The minimum absolute atomic E-state index is 0.108. The van der Waals surface area contributed by atoms with Gasteiger partial charge in [-0.1, -0.05) is 13.0 Å². The lowest BCUT2D eigenvalue weighted by atomic mass is 10.1. The van der Waals surface area contributed by atoms with Crippen LogP contribution >= 0.6 is 0 Å². The molecule has 0 aliphatic carbocycles. The first-order valence-corrected chi connectivity index (χ1v) is 12.7. The molecule has 1 aliphatic rings. The third-order valence-electron chi connectivity index (χ3n) is 5.36. The number of nitrogens with one attached hydrogen (secondary N) is 2. The van der Waals surface area contributed by atoms with Crippen molar-refractivity contribution in [2.75, 3.05) is 59.1 Å². The molecule has 1 aromatic carbocycles. The van der Waals surface area contributed by atoms with Gasteiger partial charge in [0.15, 0.2) is 15.8 Å². The number of halogens is 1. The number of aliphatic imine (C=N–C) groups is 1. The standard InChI is InChI=1S/C21H36FN5O2S/c1-4-26-11-13-27(14-12-26)10-6-5-9-24-21(23-2)25-16-19-15-20(22)8-7-18(19)17-30(3,28)29/h7-8,15H,4-6,9-14,16-17H2,1-3H3,(H2,23,24,25). The fourth-order valence-electron chi connectivity index (χ4n) is 3.58. The molecule has 1 heterocycles. The molecule has 0 amide bonds. The Hall–Kier alpha value is -1.71. The largest absolute Gasteiger partial charge is 0.356 e. The van der Waals surface area contributed by atoms with Crippen LogP contribution in [0.25, 0.3) is 0 Å². The van der Waals surface area contributed by atoms with E-state index < -0.39 is 9.84 Å². The van der Waals surface area contributed by atoms with Gasteiger partial charge in [-0.3, -0.25) is 4.99 Å². The summed E-state index contributed by atoms with van der Waals surface area (Å²) >= 11 is 0. The van der Waals surface area contributed by atoms with Crippen LogP contribution in [0.1, 0.15) is 30.9 Å². The minimum atomic E-state index is -3.19. The van der Waals surface area contributed by atoms with Gasteiger partial charge < -0.3 is 20.4 Å². The summed E-state index contributed by atoms with van der Waals surface area (Å²) in [6, 6.07) is 4.20. The first-order chi connectivity index (χ1) is 14.3. The molecule has 170 valence electrons. The predicted octanol–water partition coefficient (Wildman–Crippen LogP) is 1.45. The summed E-state index contributed by atoms with van der Waals surface area (Å²) in [6.45, 7) is 10.2. The summed E-state index contributed by atoms with van der Waals surface area (Å²) in [5.41, 5.74) is 1.22. The number of rotatable bonds is 10. The van der Waals surface area contributed by atoms with Crippen molar-refractivity contribution < 1.29 is 12.8 Å². The molecule has 0 spiro atoms. The Morgan fingerprint density at radius 1 is 1.10 bits per heavy atom. The topological polar surface area (TPSA) is 77.0 Å². The Labute approximate surface area is 180 Å². The number of unbranched alkanes of at least 4 members (excludes halogenated alkanes) is 1. The fraction of sp³-hybridized carbons (Fsp3) is 0.667. The molecule has 0 aromatic heterocycles. The maximum atomic E-state index is 13.6. The second-order valence-corrected chi connectivity index (χ2v) is 9.96. The second-order valence-electron chi connectivity index (χ2n) is 7.82. The average molecular weight is 442 g/mol. The van der Waals surface area contributed by atoms with E-state index in [9.17, 15) is 12.8 Å². The summed E-state index contributed by atoms with van der Waals surface area (Å²) in [5.74, 6) is 0.135. The highest BCUT2D eigenvalue weighted by Crippen LogP contribution is 2.14. The molecule has 7 nitrogen and oxygen atoms in total. The lowest BCUT2D eigenvalue weighted by Gasteiger charge is -2.34. The molecule has 1 aromatic rings. The lowest BCUT2D eigenvalue weighted by molar-refractivity contribution is 0.136. The van der Waals surface area contributed by atoms with E-state index in [-0.39, 0.29) is 11.6 Å². The molecule has 1 fully saturated rings. The normalized spacial score (nSPS) is 16.6. The van der Waals surface area contributed by atoms with Crippen LogP contribution in [0.4, 0.5) is 4.39 Å². The molecule has 0 atom stereocenters. The Bertz CT molecular complexity index is 793. The molecule has 0 unspecified atom stereocenters. The van der Waals surface area contributed by atoms with Gasteiger partial charge in [0.05, 0.1) is 5.75 Å². The van der Waals surface area contributed by atoms with Gasteiger partial charge in [0.2, 0.25) is 0 Å². The SMILES string of the molecule is CCN1CCN(CCCCNC(=NC)NCc2cc(F)ccc2CS(C)(=O)=O)CC1. The van der Waals surface area contributed by atoms with Crippen molar-refractivity contribution in [3.63, 3.8) is 0 Å². The van der Waals surface area contributed by atoms with Gasteiger partial charge in [-0.05, 0) is 49.2 Å². The molecular formula is C21H36FN5O2S. The first kappa shape index (κ1) is 24.6. The van der Waals surface area contributed by atoms with Gasteiger partial charge in [-0.25, -0.2) is 12.8 Å². The van der Waals surface area contributed by atoms with E-state index >= 15 is 0 Å². The van der Waals surface area contributed by atoms with Crippen molar-refractivity contribution >= 4 is 15.8 Å². The smallest absolute Gasteiger partial charge is 0.191 e. The molecule has 2 rings (SSSR count). The number of nitrogens with zero attached hydrogens (tertiary/aromatic N) is 3. The highest BCUT2D eigenvalue weighted by Gasteiger charge is 2.14. The van der Waals surface area contributed by atoms with Crippen LogP contribution in [0.15, 0.2) is 23.2 Å². The Morgan fingerprint density at radius 2 is 1.80 bits per heavy atom. The molecule has 0 radical (unpaired) electrons. The predicted molar refractivity (Wildman–Crippen MR) is 121 cm³/mol. The maximum absolute atomic E-state index is 13.6.